The summed E-state index contributed by atoms with van der Waals surface area (Å²) in [6.45, 7) is 6.44. The maximum absolute atomic E-state index is 12.4. The van der Waals surface area contributed by atoms with E-state index in [1.165, 1.54) is 0 Å². The Morgan fingerprint density at radius 3 is 2.60 bits per heavy atom. The van der Waals surface area contributed by atoms with Crippen molar-refractivity contribution in [1.29, 1.82) is 0 Å². The SMILES string of the molecule is CCOC(=O)CCCCCCC1C(=O)CCC1SCC(O)C(C)(C)c1ccccc1. The van der Waals surface area contributed by atoms with Crippen LogP contribution in [0.25, 0.3) is 0 Å². The lowest BCUT2D eigenvalue weighted by Gasteiger charge is -2.32. The van der Waals surface area contributed by atoms with Gasteiger partial charge in [0.2, 0.25) is 0 Å². The van der Waals surface area contributed by atoms with Crippen molar-refractivity contribution in [1.82, 2.24) is 0 Å². The van der Waals surface area contributed by atoms with E-state index in [0.717, 1.165) is 44.1 Å². The Labute approximate surface area is 186 Å². The Bertz CT molecular complexity index is 658. The van der Waals surface area contributed by atoms with E-state index >= 15 is 0 Å². The van der Waals surface area contributed by atoms with Gasteiger partial charge in [-0.25, -0.2) is 0 Å². The highest BCUT2D eigenvalue weighted by molar-refractivity contribution is 8.00. The van der Waals surface area contributed by atoms with Crippen LogP contribution in [0.5, 0.6) is 0 Å². The number of Topliss-reactive ketones (excluding diaryl/α,β-unsaturated/α-hetero) is 1. The number of ketones is 1. The fraction of sp³-hybridized carbons (Fsp3) is 0.680. The molecular formula is C25H38O4S. The van der Waals surface area contributed by atoms with Crippen molar-refractivity contribution in [2.45, 2.75) is 88.9 Å². The minimum atomic E-state index is -0.455. The summed E-state index contributed by atoms with van der Waals surface area (Å²) in [7, 11) is 0. The molecule has 2 rings (SSSR count). The lowest BCUT2D eigenvalue weighted by atomic mass is 9.80. The van der Waals surface area contributed by atoms with Crippen LogP contribution in [0.15, 0.2) is 30.3 Å². The van der Waals surface area contributed by atoms with E-state index in [9.17, 15) is 14.7 Å². The van der Waals surface area contributed by atoms with Gasteiger partial charge >= 0.3 is 5.97 Å². The summed E-state index contributed by atoms with van der Waals surface area (Å²) in [5.74, 6) is 1.04. The second-order valence-electron chi connectivity index (χ2n) is 8.84. The average Bonchev–Trinajstić information content (AvgIpc) is 3.09. The molecule has 1 aromatic carbocycles. The molecule has 0 aromatic heterocycles. The summed E-state index contributed by atoms with van der Waals surface area (Å²) in [5.41, 5.74) is 0.825. The molecule has 4 nitrogen and oxygen atoms in total. The van der Waals surface area contributed by atoms with Crippen molar-refractivity contribution in [3.63, 3.8) is 0 Å². The molecule has 1 N–H and O–H groups in total. The Morgan fingerprint density at radius 2 is 1.90 bits per heavy atom. The topological polar surface area (TPSA) is 63.6 Å². The van der Waals surface area contributed by atoms with Gasteiger partial charge in [0, 0.05) is 35.2 Å². The number of rotatable bonds is 13. The third-order valence-corrected chi connectivity index (χ3v) is 7.81. The van der Waals surface area contributed by atoms with Gasteiger partial charge in [0.25, 0.3) is 0 Å². The molecule has 30 heavy (non-hydrogen) atoms. The van der Waals surface area contributed by atoms with Crippen molar-refractivity contribution in [2.24, 2.45) is 5.92 Å². The summed E-state index contributed by atoms with van der Waals surface area (Å²) in [6.07, 6.45) is 6.48. The van der Waals surface area contributed by atoms with Crippen LogP contribution in [0.4, 0.5) is 0 Å². The zero-order valence-electron chi connectivity index (χ0n) is 18.8. The first-order chi connectivity index (χ1) is 14.4. The zero-order valence-corrected chi connectivity index (χ0v) is 19.6. The smallest absolute Gasteiger partial charge is 0.305 e. The first-order valence-corrected chi connectivity index (χ1v) is 12.4. The molecule has 0 spiro atoms. The molecule has 5 heteroatoms. The monoisotopic (exact) mass is 434 g/mol. The van der Waals surface area contributed by atoms with E-state index in [2.05, 4.69) is 26.0 Å². The minimum absolute atomic E-state index is 0.114. The number of benzene rings is 1. The first kappa shape index (κ1) is 24.9. The van der Waals surface area contributed by atoms with Gasteiger partial charge in [-0.05, 0) is 31.7 Å². The third-order valence-electron chi connectivity index (χ3n) is 6.31. The lowest BCUT2D eigenvalue weighted by Crippen LogP contribution is -2.36. The van der Waals surface area contributed by atoms with Crippen molar-refractivity contribution < 1.29 is 19.4 Å². The van der Waals surface area contributed by atoms with Crippen LogP contribution < -0.4 is 0 Å². The van der Waals surface area contributed by atoms with Gasteiger partial charge in [0.1, 0.15) is 5.78 Å². The summed E-state index contributed by atoms with van der Waals surface area (Å²) in [6, 6.07) is 10.1. The molecule has 1 aromatic rings. The van der Waals surface area contributed by atoms with Crippen molar-refractivity contribution >= 4 is 23.5 Å². The number of hydrogen-bond donors (Lipinski definition) is 1. The number of unbranched alkanes of at least 4 members (excludes halogenated alkanes) is 3. The minimum Gasteiger partial charge on any atom is -0.466 e. The molecule has 0 saturated heterocycles. The van der Waals surface area contributed by atoms with E-state index < -0.39 is 6.10 Å². The summed E-state index contributed by atoms with van der Waals surface area (Å²) >= 11 is 1.77. The second kappa shape index (κ2) is 12.5. The van der Waals surface area contributed by atoms with Crippen LogP contribution >= 0.6 is 11.8 Å². The molecule has 0 aliphatic heterocycles. The summed E-state index contributed by atoms with van der Waals surface area (Å²) < 4.78 is 4.95. The lowest BCUT2D eigenvalue weighted by molar-refractivity contribution is -0.143. The van der Waals surface area contributed by atoms with E-state index in [4.69, 9.17) is 4.74 Å². The second-order valence-corrected chi connectivity index (χ2v) is 10.1. The highest BCUT2D eigenvalue weighted by atomic mass is 32.2. The molecule has 1 aliphatic rings. The molecule has 0 heterocycles. The van der Waals surface area contributed by atoms with E-state index in [-0.39, 0.29) is 17.3 Å². The average molecular weight is 435 g/mol. The Hall–Kier alpha value is -1.33. The predicted octanol–water partition coefficient (Wildman–Crippen LogP) is 5.31. The van der Waals surface area contributed by atoms with Gasteiger partial charge in [-0.3, -0.25) is 9.59 Å². The number of aliphatic hydroxyl groups excluding tert-OH is 1. The fourth-order valence-corrected chi connectivity index (χ4v) is 5.78. The standard InChI is InChI=1S/C25H38O4S/c1-4-29-24(28)15-11-6-5-10-14-20-21(26)16-17-22(20)30-18-23(27)25(2,3)19-12-8-7-9-13-19/h7-9,12-13,20,22-23,27H,4-6,10-11,14-18H2,1-3H3. The molecule has 0 bridgehead atoms. The molecule has 1 fully saturated rings. The van der Waals surface area contributed by atoms with E-state index in [1.54, 1.807) is 11.8 Å². The number of aliphatic hydroxyl groups is 1. The van der Waals surface area contributed by atoms with Gasteiger partial charge in [-0.15, -0.1) is 0 Å². The number of esters is 1. The van der Waals surface area contributed by atoms with Crippen LogP contribution in [0.2, 0.25) is 0 Å². The molecule has 1 aliphatic carbocycles. The molecule has 0 radical (unpaired) electrons. The highest BCUT2D eigenvalue weighted by Crippen LogP contribution is 2.38. The summed E-state index contributed by atoms with van der Waals surface area (Å²) in [4.78, 5) is 23.8. The van der Waals surface area contributed by atoms with E-state index in [1.807, 2.05) is 25.1 Å². The molecule has 0 amide bonds. The maximum Gasteiger partial charge on any atom is 0.305 e. The molecule has 3 unspecified atom stereocenters. The number of carbonyl (C=O) groups is 2. The number of thioether (sulfide) groups is 1. The number of carbonyl (C=O) groups excluding carboxylic acids is 2. The predicted molar refractivity (Wildman–Crippen MR) is 124 cm³/mol. The zero-order chi connectivity index (χ0) is 22.0. The number of hydrogen-bond acceptors (Lipinski definition) is 5. The maximum atomic E-state index is 12.4. The molecule has 1 saturated carbocycles. The summed E-state index contributed by atoms with van der Waals surface area (Å²) in [5, 5.41) is 11.2. The Balaban J connectivity index is 1.73. The van der Waals surface area contributed by atoms with Crippen LogP contribution in [-0.4, -0.2) is 40.6 Å². The quantitative estimate of drug-likeness (QED) is 0.337. The Kier molecular flexibility index (Phi) is 10.4. The molecule has 168 valence electrons. The van der Waals surface area contributed by atoms with Crippen molar-refractivity contribution in [2.75, 3.05) is 12.4 Å². The third kappa shape index (κ3) is 7.42. The van der Waals surface area contributed by atoms with Crippen molar-refractivity contribution in [3.8, 4) is 0 Å². The van der Waals surface area contributed by atoms with Gasteiger partial charge in [0.05, 0.1) is 12.7 Å². The van der Waals surface area contributed by atoms with Gasteiger partial charge < -0.3 is 9.84 Å². The normalized spacial score (nSPS) is 20.3. The van der Waals surface area contributed by atoms with E-state index in [0.29, 0.717) is 36.2 Å². The fourth-order valence-electron chi connectivity index (χ4n) is 4.13. The van der Waals surface area contributed by atoms with Crippen LogP contribution in [0.1, 0.15) is 77.7 Å². The molecule has 3 atom stereocenters. The van der Waals surface area contributed by atoms with Crippen LogP contribution in [0, 0.1) is 5.92 Å². The first-order valence-electron chi connectivity index (χ1n) is 11.4. The van der Waals surface area contributed by atoms with Gasteiger partial charge in [-0.2, -0.15) is 11.8 Å². The molecular weight excluding hydrogens is 396 g/mol. The van der Waals surface area contributed by atoms with Crippen LogP contribution in [-0.2, 0) is 19.7 Å². The number of ether oxygens (including phenoxy) is 1. The largest absolute Gasteiger partial charge is 0.466 e. The van der Waals surface area contributed by atoms with Gasteiger partial charge in [-0.1, -0.05) is 63.4 Å². The van der Waals surface area contributed by atoms with Crippen molar-refractivity contribution in [3.05, 3.63) is 35.9 Å². The highest BCUT2D eigenvalue weighted by Gasteiger charge is 2.36. The Morgan fingerprint density at radius 1 is 1.20 bits per heavy atom. The van der Waals surface area contributed by atoms with Gasteiger partial charge in [0.15, 0.2) is 0 Å². The van der Waals surface area contributed by atoms with Crippen LogP contribution in [0.3, 0.4) is 0 Å².